The van der Waals surface area contributed by atoms with Crippen LogP contribution in [0, 0.1) is 12.7 Å². The van der Waals surface area contributed by atoms with Gasteiger partial charge in [-0.25, -0.2) is 4.39 Å². The number of nitrogens with one attached hydrogen (secondary N) is 1. The van der Waals surface area contributed by atoms with Crippen LogP contribution in [-0.2, 0) is 0 Å². The van der Waals surface area contributed by atoms with Crippen LogP contribution in [-0.4, -0.2) is 24.2 Å². The van der Waals surface area contributed by atoms with E-state index in [0.717, 1.165) is 5.56 Å². The van der Waals surface area contributed by atoms with Crippen LogP contribution >= 0.6 is 0 Å². The van der Waals surface area contributed by atoms with Gasteiger partial charge in [-0.15, -0.1) is 0 Å². The molecule has 2 N–H and O–H groups in total. The third-order valence-electron chi connectivity index (χ3n) is 4.76. The molecule has 1 amide bonds. The number of ether oxygens (including phenoxy) is 2. The number of rotatable bonds is 4. The zero-order valence-electron chi connectivity index (χ0n) is 15.8. The Labute approximate surface area is 167 Å². The van der Waals surface area contributed by atoms with Gasteiger partial charge in [-0.05, 0) is 42.8 Å². The summed E-state index contributed by atoms with van der Waals surface area (Å²) in [6.45, 7) is 2.78. The number of anilines is 1. The predicted octanol–water partition coefficient (Wildman–Crippen LogP) is 4.24. The Morgan fingerprint density at radius 3 is 2.28 bits per heavy atom. The lowest BCUT2D eigenvalue weighted by Crippen LogP contribution is -2.18. The summed E-state index contributed by atoms with van der Waals surface area (Å²) < 4.78 is 24.4. The Bertz CT molecular complexity index is 1030. The highest BCUT2D eigenvalue weighted by molar-refractivity contribution is 6.04. The van der Waals surface area contributed by atoms with Crippen molar-refractivity contribution in [1.29, 1.82) is 0 Å². The van der Waals surface area contributed by atoms with Crippen molar-refractivity contribution in [1.82, 2.24) is 0 Å². The summed E-state index contributed by atoms with van der Waals surface area (Å²) in [4.78, 5) is 12.7. The van der Waals surface area contributed by atoms with Gasteiger partial charge in [0.15, 0.2) is 11.5 Å². The molecule has 0 fully saturated rings. The minimum absolute atomic E-state index is 0.303. The van der Waals surface area contributed by atoms with E-state index in [1.165, 1.54) is 24.3 Å². The van der Waals surface area contributed by atoms with E-state index in [0.29, 0.717) is 47.1 Å². The van der Waals surface area contributed by atoms with E-state index in [-0.39, 0.29) is 0 Å². The quantitative estimate of drug-likeness (QED) is 0.696. The van der Waals surface area contributed by atoms with Crippen molar-refractivity contribution in [3.8, 4) is 11.5 Å². The van der Waals surface area contributed by atoms with Gasteiger partial charge < -0.3 is 19.9 Å². The number of carbonyl (C=O) groups excluding carboxylic acids is 1. The van der Waals surface area contributed by atoms with Crippen LogP contribution < -0.4 is 14.8 Å². The van der Waals surface area contributed by atoms with Gasteiger partial charge in [0.05, 0.1) is 5.69 Å². The first kappa shape index (κ1) is 19.0. The number of carbonyl (C=O) groups is 1. The van der Waals surface area contributed by atoms with E-state index >= 15 is 0 Å². The molecule has 0 bridgehead atoms. The van der Waals surface area contributed by atoms with E-state index in [1.54, 1.807) is 12.1 Å². The van der Waals surface area contributed by atoms with Crippen molar-refractivity contribution >= 4 is 11.6 Å². The molecule has 29 heavy (non-hydrogen) atoms. The maximum absolute atomic E-state index is 13.2. The number of aliphatic hydroxyl groups is 1. The van der Waals surface area contributed by atoms with Crippen molar-refractivity contribution in [3.63, 3.8) is 0 Å². The average molecular weight is 393 g/mol. The van der Waals surface area contributed by atoms with E-state index in [2.05, 4.69) is 5.32 Å². The minimum Gasteiger partial charge on any atom is -0.486 e. The fraction of sp³-hybridized carbons (Fsp3) is 0.174. The molecular formula is C23H20FNO4. The molecule has 4 rings (SSSR count). The number of halogens is 1. The first-order valence-electron chi connectivity index (χ1n) is 9.26. The second kappa shape index (κ2) is 7.93. The first-order valence-corrected chi connectivity index (χ1v) is 9.26. The standard InChI is InChI=1S/C23H20FNO4/c1-14-2-4-15(5-3-14)22(26)18-12-20-21(29-11-10-28-20)13-19(18)25-23(27)16-6-8-17(24)9-7-16/h2-9,12-13,22,26H,10-11H2,1H3,(H,25,27). The van der Waals surface area contributed by atoms with Crippen molar-refractivity contribution < 1.29 is 23.8 Å². The lowest BCUT2D eigenvalue weighted by molar-refractivity contribution is 0.102. The van der Waals surface area contributed by atoms with Crippen LogP contribution in [0.25, 0.3) is 0 Å². The minimum atomic E-state index is -0.977. The molecule has 0 aliphatic carbocycles. The molecule has 6 heteroatoms. The molecule has 0 spiro atoms. The van der Waals surface area contributed by atoms with Gasteiger partial charge in [0.2, 0.25) is 0 Å². The van der Waals surface area contributed by atoms with Crippen LogP contribution in [0.1, 0.15) is 33.2 Å². The van der Waals surface area contributed by atoms with Crippen molar-refractivity contribution in [2.24, 2.45) is 0 Å². The second-order valence-electron chi connectivity index (χ2n) is 6.86. The topological polar surface area (TPSA) is 67.8 Å². The molecule has 1 unspecified atom stereocenters. The Balaban J connectivity index is 1.71. The maximum Gasteiger partial charge on any atom is 0.255 e. The number of hydrogen-bond acceptors (Lipinski definition) is 4. The molecule has 148 valence electrons. The average Bonchev–Trinajstić information content (AvgIpc) is 2.73. The molecule has 0 aromatic heterocycles. The summed E-state index contributed by atoms with van der Waals surface area (Å²) in [7, 11) is 0. The molecule has 3 aromatic rings. The summed E-state index contributed by atoms with van der Waals surface area (Å²) in [5.74, 6) is 0.165. The number of amides is 1. The summed E-state index contributed by atoms with van der Waals surface area (Å²) in [6.07, 6.45) is -0.977. The zero-order valence-corrected chi connectivity index (χ0v) is 15.8. The van der Waals surface area contributed by atoms with Crippen LogP contribution in [0.2, 0.25) is 0 Å². The Hall–Kier alpha value is -3.38. The highest BCUT2D eigenvalue weighted by Crippen LogP contribution is 2.40. The van der Waals surface area contributed by atoms with Crippen molar-refractivity contribution in [2.75, 3.05) is 18.5 Å². The number of aryl methyl sites for hydroxylation is 1. The van der Waals surface area contributed by atoms with Gasteiger partial charge in [0, 0.05) is 17.2 Å². The molecule has 1 aliphatic heterocycles. The third kappa shape index (κ3) is 4.07. The molecule has 0 saturated carbocycles. The maximum atomic E-state index is 13.2. The highest BCUT2D eigenvalue weighted by Gasteiger charge is 2.22. The van der Waals surface area contributed by atoms with E-state index in [1.807, 2.05) is 31.2 Å². The van der Waals surface area contributed by atoms with Crippen molar-refractivity contribution in [3.05, 3.63) is 88.7 Å². The summed E-state index contributed by atoms with van der Waals surface area (Å²) >= 11 is 0. The largest absolute Gasteiger partial charge is 0.486 e. The number of hydrogen-bond donors (Lipinski definition) is 2. The molecule has 1 atom stereocenters. The molecule has 3 aromatic carbocycles. The number of aliphatic hydroxyl groups excluding tert-OH is 1. The monoisotopic (exact) mass is 393 g/mol. The van der Waals surface area contributed by atoms with E-state index in [9.17, 15) is 14.3 Å². The summed E-state index contributed by atoms with van der Waals surface area (Å²) in [6, 6.07) is 16.1. The van der Waals surface area contributed by atoms with Crippen LogP contribution in [0.4, 0.5) is 10.1 Å². The van der Waals surface area contributed by atoms with Crippen LogP contribution in [0.5, 0.6) is 11.5 Å². The SMILES string of the molecule is Cc1ccc(C(O)c2cc3c(cc2NC(=O)c2ccc(F)cc2)OCCO3)cc1. The summed E-state index contributed by atoms with van der Waals surface area (Å²) in [5.41, 5.74) is 2.94. The van der Waals surface area contributed by atoms with Crippen LogP contribution in [0.15, 0.2) is 60.7 Å². The summed E-state index contributed by atoms with van der Waals surface area (Å²) in [5, 5.41) is 13.8. The third-order valence-corrected chi connectivity index (χ3v) is 4.76. The van der Waals surface area contributed by atoms with E-state index < -0.39 is 17.8 Å². The zero-order chi connectivity index (χ0) is 20.4. The van der Waals surface area contributed by atoms with Gasteiger partial charge in [0.25, 0.3) is 5.91 Å². The Morgan fingerprint density at radius 2 is 1.62 bits per heavy atom. The molecule has 1 heterocycles. The molecular weight excluding hydrogens is 373 g/mol. The van der Waals surface area contributed by atoms with E-state index in [4.69, 9.17) is 9.47 Å². The van der Waals surface area contributed by atoms with Gasteiger partial charge in [-0.2, -0.15) is 0 Å². The Kier molecular flexibility index (Phi) is 5.18. The fourth-order valence-corrected chi connectivity index (χ4v) is 3.16. The number of benzene rings is 3. The number of fused-ring (bicyclic) bond motifs is 1. The van der Waals surface area contributed by atoms with Gasteiger partial charge in [-0.3, -0.25) is 4.79 Å². The van der Waals surface area contributed by atoms with Crippen molar-refractivity contribution in [2.45, 2.75) is 13.0 Å². The normalized spacial score (nSPS) is 13.6. The first-order chi connectivity index (χ1) is 14.0. The van der Waals surface area contributed by atoms with Gasteiger partial charge in [-0.1, -0.05) is 29.8 Å². The predicted molar refractivity (Wildman–Crippen MR) is 107 cm³/mol. The highest BCUT2D eigenvalue weighted by atomic mass is 19.1. The van der Waals surface area contributed by atoms with Crippen LogP contribution in [0.3, 0.4) is 0 Å². The molecule has 0 radical (unpaired) electrons. The molecule has 0 saturated heterocycles. The van der Waals surface area contributed by atoms with Gasteiger partial charge >= 0.3 is 0 Å². The van der Waals surface area contributed by atoms with Gasteiger partial charge in [0.1, 0.15) is 25.1 Å². The molecule has 5 nitrogen and oxygen atoms in total. The lowest BCUT2D eigenvalue weighted by Gasteiger charge is -2.23. The lowest BCUT2D eigenvalue weighted by atomic mass is 9.98. The Morgan fingerprint density at radius 1 is 1.00 bits per heavy atom. The second-order valence-corrected chi connectivity index (χ2v) is 6.86. The molecule has 1 aliphatic rings. The fourth-order valence-electron chi connectivity index (χ4n) is 3.16. The smallest absolute Gasteiger partial charge is 0.255 e.